The summed E-state index contributed by atoms with van der Waals surface area (Å²) in [5.74, 6) is -0.614. The van der Waals surface area contributed by atoms with Gasteiger partial charge in [-0.1, -0.05) is 0 Å². The molecular formula is C13H16N4O4. The molecule has 112 valence electrons. The van der Waals surface area contributed by atoms with Crippen molar-refractivity contribution in [1.29, 1.82) is 0 Å². The molecule has 1 heterocycles. The van der Waals surface area contributed by atoms with Crippen molar-refractivity contribution in [2.75, 3.05) is 10.6 Å². The number of carbonyl (C=O) groups is 2. The van der Waals surface area contributed by atoms with E-state index < -0.39 is 10.8 Å². The Morgan fingerprint density at radius 1 is 1.52 bits per heavy atom. The first-order valence-electron chi connectivity index (χ1n) is 6.53. The summed E-state index contributed by atoms with van der Waals surface area (Å²) in [6.45, 7) is 1.70. The average molecular weight is 292 g/mol. The summed E-state index contributed by atoms with van der Waals surface area (Å²) in [5.41, 5.74) is 6.57. The van der Waals surface area contributed by atoms with E-state index in [0.717, 1.165) is 5.56 Å². The number of carbonyl (C=O) groups excluding carboxylic acids is 2. The second-order valence-corrected chi connectivity index (χ2v) is 5.05. The second kappa shape index (κ2) is 5.78. The number of rotatable bonds is 5. The number of nitro groups is 1. The zero-order chi connectivity index (χ0) is 15.6. The molecule has 1 aliphatic heterocycles. The molecule has 0 fully saturated rings. The fourth-order valence-corrected chi connectivity index (χ4v) is 2.30. The molecule has 2 rings (SSSR count). The minimum absolute atomic E-state index is 0.0561. The third-order valence-corrected chi connectivity index (χ3v) is 3.22. The van der Waals surface area contributed by atoms with Crippen LogP contribution in [0.4, 0.5) is 17.1 Å². The molecule has 0 saturated heterocycles. The number of nitrogens with two attached hydrogens (primary N) is 1. The molecule has 1 aliphatic rings. The third-order valence-electron chi connectivity index (χ3n) is 3.22. The monoisotopic (exact) mass is 292 g/mol. The maximum atomic E-state index is 11.4. The lowest BCUT2D eigenvalue weighted by Gasteiger charge is -2.20. The lowest BCUT2D eigenvalue weighted by molar-refractivity contribution is -0.384. The van der Waals surface area contributed by atoms with Gasteiger partial charge in [0.1, 0.15) is 5.69 Å². The molecule has 1 aromatic rings. The SMILES string of the molecule is CC(CC(N)=O)Nc1cc2c(cc1[N+](=O)[O-])CCC(=O)N2. The highest BCUT2D eigenvalue weighted by atomic mass is 16.6. The Hall–Kier alpha value is -2.64. The first-order chi connectivity index (χ1) is 9.86. The van der Waals surface area contributed by atoms with Gasteiger partial charge in [0.2, 0.25) is 11.8 Å². The number of aryl methyl sites for hydroxylation is 1. The number of nitrogens with one attached hydrogen (secondary N) is 2. The van der Waals surface area contributed by atoms with Crippen molar-refractivity contribution < 1.29 is 14.5 Å². The molecule has 0 radical (unpaired) electrons. The number of primary amides is 1. The summed E-state index contributed by atoms with van der Waals surface area (Å²) in [4.78, 5) is 33.0. The predicted octanol–water partition coefficient (Wildman–Crippen LogP) is 1.16. The Balaban J connectivity index is 2.34. The molecule has 8 nitrogen and oxygen atoms in total. The smallest absolute Gasteiger partial charge is 0.292 e. The minimum Gasteiger partial charge on any atom is -0.376 e. The van der Waals surface area contributed by atoms with Gasteiger partial charge < -0.3 is 16.4 Å². The van der Waals surface area contributed by atoms with E-state index in [-0.39, 0.29) is 29.7 Å². The molecule has 0 spiro atoms. The molecule has 0 aliphatic carbocycles. The fourth-order valence-electron chi connectivity index (χ4n) is 2.30. The number of anilines is 2. The van der Waals surface area contributed by atoms with E-state index in [1.807, 2.05) is 0 Å². The van der Waals surface area contributed by atoms with Gasteiger partial charge >= 0.3 is 0 Å². The van der Waals surface area contributed by atoms with Crippen molar-refractivity contribution in [2.45, 2.75) is 32.2 Å². The van der Waals surface area contributed by atoms with Crippen LogP contribution in [0.25, 0.3) is 0 Å². The first-order valence-corrected chi connectivity index (χ1v) is 6.53. The standard InChI is InChI=1S/C13H16N4O4/c1-7(4-12(14)18)15-10-6-9-8(2-3-13(19)16-9)5-11(10)17(20)21/h5-7,15H,2-4H2,1H3,(H2,14,18)(H,16,19). The molecule has 0 saturated carbocycles. The summed E-state index contributed by atoms with van der Waals surface area (Å²) in [7, 11) is 0. The number of nitrogens with zero attached hydrogens (tertiary/aromatic N) is 1. The Morgan fingerprint density at radius 2 is 2.24 bits per heavy atom. The van der Waals surface area contributed by atoms with Crippen LogP contribution in [0.1, 0.15) is 25.3 Å². The zero-order valence-corrected chi connectivity index (χ0v) is 11.5. The third kappa shape index (κ3) is 3.47. The predicted molar refractivity (Wildman–Crippen MR) is 76.9 cm³/mol. The molecule has 0 aromatic heterocycles. The van der Waals surface area contributed by atoms with Crippen LogP contribution in [0.2, 0.25) is 0 Å². The first kappa shape index (κ1) is 14.8. The maximum Gasteiger partial charge on any atom is 0.292 e. The van der Waals surface area contributed by atoms with E-state index in [1.165, 1.54) is 12.1 Å². The van der Waals surface area contributed by atoms with Crippen molar-refractivity contribution in [3.05, 3.63) is 27.8 Å². The Kier molecular flexibility index (Phi) is 4.06. The van der Waals surface area contributed by atoms with Gasteiger partial charge in [-0.15, -0.1) is 0 Å². The number of benzene rings is 1. The van der Waals surface area contributed by atoms with E-state index >= 15 is 0 Å². The van der Waals surface area contributed by atoms with Crippen molar-refractivity contribution in [2.24, 2.45) is 5.73 Å². The number of hydrogen-bond acceptors (Lipinski definition) is 5. The van der Waals surface area contributed by atoms with Crippen molar-refractivity contribution in [3.63, 3.8) is 0 Å². The molecule has 8 heteroatoms. The zero-order valence-electron chi connectivity index (χ0n) is 11.5. The Morgan fingerprint density at radius 3 is 2.86 bits per heavy atom. The van der Waals surface area contributed by atoms with Gasteiger partial charge in [-0.2, -0.15) is 0 Å². The summed E-state index contributed by atoms with van der Waals surface area (Å²) >= 11 is 0. The summed E-state index contributed by atoms with van der Waals surface area (Å²) in [6, 6.07) is 2.63. The van der Waals surface area contributed by atoms with E-state index in [4.69, 9.17) is 5.73 Å². The highest BCUT2D eigenvalue weighted by Crippen LogP contribution is 2.34. The molecule has 1 unspecified atom stereocenters. The Labute approximate surface area is 120 Å². The highest BCUT2D eigenvalue weighted by Gasteiger charge is 2.23. The van der Waals surface area contributed by atoms with E-state index in [0.29, 0.717) is 18.5 Å². The quantitative estimate of drug-likeness (QED) is 0.554. The molecule has 4 N–H and O–H groups in total. The van der Waals surface area contributed by atoms with E-state index in [9.17, 15) is 19.7 Å². The lowest BCUT2D eigenvalue weighted by atomic mass is 10.0. The molecule has 21 heavy (non-hydrogen) atoms. The van der Waals surface area contributed by atoms with Crippen molar-refractivity contribution in [3.8, 4) is 0 Å². The average Bonchev–Trinajstić information content (AvgIpc) is 2.36. The number of hydrogen-bond donors (Lipinski definition) is 3. The van der Waals surface area contributed by atoms with Gasteiger partial charge in [0.25, 0.3) is 5.69 Å². The van der Waals surface area contributed by atoms with Crippen molar-refractivity contribution >= 4 is 28.9 Å². The van der Waals surface area contributed by atoms with Gasteiger partial charge in [-0.05, 0) is 25.0 Å². The summed E-state index contributed by atoms with van der Waals surface area (Å²) in [5, 5.41) is 16.7. The van der Waals surface area contributed by atoms with Crippen LogP contribution in [0.5, 0.6) is 0 Å². The van der Waals surface area contributed by atoms with Gasteiger partial charge in [-0.25, -0.2) is 0 Å². The van der Waals surface area contributed by atoms with E-state index in [1.54, 1.807) is 6.92 Å². The summed E-state index contributed by atoms with van der Waals surface area (Å²) in [6.07, 6.45) is 0.842. The Bertz CT molecular complexity index is 614. The molecule has 1 atom stereocenters. The second-order valence-electron chi connectivity index (χ2n) is 5.05. The van der Waals surface area contributed by atoms with Gasteiger partial charge in [0.15, 0.2) is 0 Å². The van der Waals surface area contributed by atoms with Crippen LogP contribution in [0.15, 0.2) is 12.1 Å². The van der Waals surface area contributed by atoms with Gasteiger partial charge in [-0.3, -0.25) is 19.7 Å². The van der Waals surface area contributed by atoms with Crippen LogP contribution < -0.4 is 16.4 Å². The van der Waals surface area contributed by atoms with E-state index in [2.05, 4.69) is 10.6 Å². The highest BCUT2D eigenvalue weighted by molar-refractivity contribution is 5.95. The van der Waals surface area contributed by atoms with Crippen LogP contribution in [0.3, 0.4) is 0 Å². The van der Waals surface area contributed by atoms with Gasteiger partial charge in [0, 0.05) is 30.6 Å². The van der Waals surface area contributed by atoms with Crippen molar-refractivity contribution in [1.82, 2.24) is 0 Å². The molecule has 0 bridgehead atoms. The normalized spacial score (nSPS) is 14.8. The lowest BCUT2D eigenvalue weighted by Crippen LogP contribution is -2.25. The minimum atomic E-state index is -0.496. The molecular weight excluding hydrogens is 276 g/mol. The van der Waals surface area contributed by atoms with Crippen LogP contribution >= 0.6 is 0 Å². The fraction of sp³-hybridized carbons (Fsp3) is 0.385. The van der Waals surface area contributed by atoms with Crippen LogP contribution in [0, 0.1) is 10.1 Å². The van der Waals surface area contributed by atoms with Gasteiger partial charge in [0.05, 0.1) is 4.92 Å². The van der Waals surface area contributed by atoms with Crippen LogP contribution in [-0.2, 0) is 16.0 Å². The number of amides is 2. The maximum absolute atomic E-state index is 11.4. The molecule has 2 amide bonds. The van der Waals surface area contributed by atoms with Crippen LogP contribution in [-0.4, -0.2) is 22.8 Å². The number of fused-ring (bicyclic) bond motifs is 1. The largest absolute Gasteiger partial charge is 0.376 e. The summed E-state index contributed by atoms with van der Waals surface area (Å²) < 4.78 is 0. The number of nitro benzene ring substituents is 1. The molecule has 1 aromatic carbocycles. The topological polar surface area (TPSA) is 127 Å².